The summed E-state index contributed by atoms with van der Waals surface area (Å²) in [6.07, 6.45) is 1.43. The van der Waals surface area contributed by atoms with E-state index in [4.69, 9.17) is 11.6 Å². The summed E-state index contributed by atoms with van der Waals surface area (Å²) in [4.78, 5) is 28.1. The fourth-order valence-electron chi connectivity index (χ4n) is 3.59. The number of halogens is 1. The molecule has 0 aliphatic carbocycles. The van der Waals surface area contributed by atoms with E-state index >= 15 is 0 Å². The highest BCUT2D eigenvalue weighted by molar-refractivity contribution is 7.92. The number of hydrogen-bond acceptors (Lipinski definition) is 4. The number of sulfonamides is 1. The highest BCUT2D eigenvalue weighted by atomic mass is 35.5. The number of anilines is 1. The number of hydrogen-bond donors (Lipinski definition) is 1. The molecule has 0 aliphatic rings. The smallest absolute Gasteiger partial charge is 0.244 e. The van der Waals surface area contributed by atoms with Gasteiger partial charge in [0.15, 0.2) is 0 Å². The molecule has 2 amide bonds. The minimum absolute atomic E-state index is 0.182. The van der Waals surface area contributed by atoms with Crippen LogP contribution in [0.15, 0.2) is 48.5 Å². The summed E-state index contributed by atoms with van der Waals surface area (Å²) in [7, 11) is -3.79. The number of carbonyl (C=O) groups excluding carboxylic acids is 2. The van der Waals surface area contributed by atoms with Crippen molar-refractivity contribution in [2.24, 2.45) is 5.92 Å². The maximum atomic E-state index is 13.6. The van der Waals surface area contributed by atoms with E-state index in [1.807, 2.05) is 52.0 Å². The SMILES string of the molecule is CC[C@H](C(=O)NCC(C)C)N(Cc1cccc(C)c1)C(=O)CN(c1cccc(Cl)c1)S(C)(=O)=O. The Morgan fingerprint density at radius 1 is 1.09 bits per heavy atom. The van der Waals surface area contributed by atoms with Crippen LogP contribution in [0.5, 0.6) is 0 Å². The van der Waals surface area contributed by atoms with Gasteiger partial charge in [0, 0.05) is 18.1 Å². The van der Waals surface area contributed by atoms with Crippen molar-refractivity contribution in [3.8, 4) is 0 Å². The summed E-state index contributed by atoms with van der Waals surface area (Å²) < 4.78 is 26.2. The average Bonchev–Trinajstić information content (AvgIpc) is 2.75. The van der Waals surface area contributed by atoms with Crippen LogP contribution in [-0.2, 0) is 26.2 Å². The van der Waals surface area contributed by atoms with Crippen molar-refractivity contribution in [2.75, 3.05) is 23.7 Å². The Morgan fingerprint density at radius 3 is 2.32 bits per heavy atom. The summed E-state index contributed by atoms with van der Waals surface area (Å²) in [6, 6.07) is 13.3. The van der Waals surface area contributed by atoms with E-state index in [0.29, 0.717) is 18.0 Å². The summed E-state index contributed by atoms with van der Waals surface area (Å²) in [6.45, 7) is 7.99. The van der Waals surface area contributed by atoms with Gasteiger partial charge in [-0.05, 0) is 43.0 Å². The van der Waals surface area contributed by atoms with Gasteiger partial charge < -0.3 is 10.2 Å². The molecule has 0 aliphatic heterocycles. The van der Waals surface area contributed by atoms with Gasteiger partial charge in [-0.3, -0.25) is 13.9 Å². The molecule has 0 heterocycles. The number of nitrogens with zero attached hydrogens (tertiary/aromatic N) is 2. The van der Waals surface area contributed by atoms with Gasteiger partial charge in [-0.25, -0.2) is 8.42 Å². The second kappa shape index (κ2) is 12.2. The number of amides is 2. The van der Waals surface area contributed by atoms with Gasteiger partial charge in [0.25, 0.3) is 0 Å². The molecule has 2 aromatic carbocycles. The van der Waals surface area contributed by atoms with Crippen molar-refractivity contribution < 1.29 is 18.0 Å². The molecule has 0 unspecified atom stereocenters. The molecule has 0 spiro atoms. The van der Waals surface area contributed by atoms with Crippen molar-refractivity contribution in [2.45, 2.75) is 46.7 Å². The maximum Gasteiger partial charge on any atom is 0.244 e. The Hall–Kier alpha value is -2.58. The van der Waals surface area contributed by atoms with Crippen LogP contribution in [0.3, 0.4) is 0 Å². The predicted octanol–water partition coefficient (Wildman–Crippen LogP) is 3.99. The van der Waals surface area contributed by atoms with Crippen LogP contribution >= 0.6 is 11.6 Å². The molecule has 34 heavy (non-hydrogen) atoms. The van der Waals surface area contributed by atoms with Crippen LogP contribution in [0.4, 0.5) is 5.69 Å². The fraction of sp³-hybridized carbons (Fsp3) is 0.440. The second-order valence-corrected chi connectivity index (χ2v) is 11.2. The van der Waals surface area contributed by atoms with Gasteiger partial charge in [0.2, 0.25) is 21.8 Å². The zero-order valence-corrected chi connectivity index (χ0v) is 22.0. The maximum absolute atomic E-state index is 13.6. The van der Waals surface area contributed by atoms with E-state index in [0.717, 1.165) is 21.7 Å². The van der Waals surface area contributed by atoms with Crippen molar-refractivity contribution in [1.82, 2.24) is 10.2 Å². The zero-order valence-electron chi connectivity index (χ0n) is 20.4. The van der Waals surface area contributed by atoms with Crippen molar-refractivity contribution in [3.05, 3.63) is 64.7 Å². The molecule has 0 aromatic heterocycles. The molecule has 0 radical (unpaired) electrons. The predicted molar refractivity (Wildman–Crippen MR) is 137 cm³/mol. The Balaban J connectivity index is 2.42. The second-order valence-electron chi connectivity index (χ2n) is 8.82. The lowest BCUT2D eigenvalue weighted by Gasteiger charge is -2.33. The minimum Gasteiger partial charge on any atom is -0.354 e. The van der Waals surface area contributed by atoms with E-state index in [9.17, 15) is 18.0 Å². The van der Waals surface area contributed by atoms with Crippen LogP contribution in [0, 0.1) is 12.8 Å². The molecular weight excluding hydrogens is 474 g/mol. The normalized spacial score (nSPS) is 12.3. The first-order valence-electron chi connectivity index (χ1n) is 11.3. The van der Waals surface area contributed by atoms with Crippen molar-refractivity contribution in [1.29, 1.82) is 0 Å². The molecule has 0 saturated heterocycles. The summed E-state index contributed by atoms with van der Waals surface area (Å²) in [5.74, 6) is -0.477. The van der Waals surface area contributed by atoms with Gasteiger partial charge >= 0.3 is 0 Å². The third-order valence-corrected chi connectivity index (χ3v) is 6.66. The van der Waals surface area contributed by atoms with Gasteiger partial charge in [-0.1, -0.05) is 68.3 Å². The molecular formula is C25H34ClN3O4S. The molecule has 1 atom stereocenters. The minimum atomic E-state index is -3.79. The molecule has 2 aromatic rings. The number of rotatable bonds is 11. The first kappa shape index (κ1) is 27.7. The Labute approximate surface area is 208 Å². The van der Waals surface area contributed by atoms with Gasteiger partial charge in [-0.15, -0.1) is 0 Å². The molecule has 0 fully saturated rings. The molecule has 9 heteroatoms. The largest absolute Gasteiger partial charge is 0.354 e. The van der Waals surface area contributed by atoms with Gasteiger partial charge in [0.05, 0.1) is 11.9 Å². The standard InChI is InChI=1S/C25H34ClN3O4S/c1-6-23(25(31)27-15-18(2)3)28(16-20-10-7-9-19(4)13-20)24(30)17-29(34(5,32)33)22-12-8-11-21(26)14-22/h7-14,18,23H,6,15-17H2,1-5H3,(H,27,31)/t23-/m1/s1. The van der Waals surface area contributed by atoms with Crippen LogP contribution in [0.2, 0.25) is 5.02 Å². The topological polar surface area (TPSA) is 86.8 Å². The van der Waals surface area contributed by atoms with E-state index in [2.05, 4.69) is 5.32 Å². The number of aryl methyl sites for hydroxylation is 1. The average molecular weight is 508 g/mol. The zero-order chi connectivity index (χ0) is 25.5. The van der Waals surface area contributed by atoms with Gasteiger partial charge in [0.1, 0.15) is 12.6 Å². The summed E-state index contributed by atoms with van der Waals surface area (Å²) in [5, 5.41) is 3.26. The monoisotopic (exact) mass is 507 g/mol. The molecule has 0 bridgehead atoms. The molecule has 0 saturated carbocycles. The Morgan fingerprint density at radius 2 is 1.76 bits per heavy atom. The number of carbonyl (C=O) groups is 2. The lowest BCUT2D eigenvalue weighted by Crippen LogP contribution is -2.52. The van der Waals surface area contributed by atoms with Crippen LogP contribution in [-0.4, -0.2) is 50.5 Å². The number of benzene rings is 2. The lowest BCUT2D eigenvalue weighted by molar-refractivity contribution is -0.140. The van der Waals surface area contributed by atoms with E-state index < -0.39 is 28.5 Å². The number of nitrogens with one attached hydrogen (secondary N) is 1. The molecule has 1 N–H and O–H groups in total. The van der Waals surface area contributed by atoms with Gasteiger partial charge in [-0.2, -0.15) is 0 Å². The van der Waals surface area contributed by atoms with Crippen LogP contribution in [0.25, 0.3) is 0 Å². The first-order valence-corrected chi connectivity index (χ1v) is 13.5. The van der Waals surface area contributed by atoms with Crippen LogP contribution in [0.1, 0.15) is 38.3 Å². The van der Waals surface area contributed by atoms with Crippen molar-refractivity contribution >= 4 is 39.1 Å². The highest BCUT2D eigenvalue weighted by Crippen LogP contribution is 2.23. The quantitative estimate of drug-likeness (QED) is 0.498. The highest BCUT2D eigenvalue weighted by Gasteiger charge is 2.31. The summed E-state index contributed by atoms with van der Waals surface area (Å²) >= 11 is 6.07. The molecule has 7 nitrogen and oxygen atoms in total. The third kappa shape index (κ3) is 8.02. The Bertz CT molecular complexity index is 1100. The fourth-order valence-corrected chi connectivity index (χ4v) is 4.62. The first-order chi connectivity index (χ1) is 15.9. The lowest BCUT2D eigenvalue weighted by atomic mass is 10.1. The van der Waals surface area contributed by atoms with E-state index in [1.54, 1.807) is 18.2 Å². The third-order valence-electron chi connectivity index (χ3n) is 5.28. The summed E-state index contributed by atoms with van der Waals surface area (Å²) in [5.41, 5.74) is 2.17. The van der Waals surface area contributed by atoms with Crippen molar-refractivity contribution in [3.63, 3.8) is 0 Å². The molecule has 2 rings (SSSR count). The van der Waals surface area contributed by atoms with Crippen LogP contribution < -0.4 is 9.62 Å². The Kier molecular flexibility index (Phi) is 9.94. The van der Waals surface area contributed by atoms with E-state index in [-0.39, 0.29) is 24.1 Å². The molecule has 186 valence electrons. The van der Waals surface area contributed by atoms with E-state index in [1.165, 1.54) is 11.0 Å².